The Morgan fingerprint density at radius 3 is 2.21 bits per heavy atom. The average Bonchev–Trinajstić information content (AvgIpc) is 2.36. The van der Waals surface area contributed by atoms with Crippen LogP contribution in [0.25, 0.3) is 10.9 Å². The van der Waals surface area contributed by atoms with Crippen molar-refractivity contribution in [3.63, 3.8) is 0 Å². The summed E-state index contributed by atoms with van der Waals surface area (Å²) in [6.07, 6.45) is 0. The maximum atomic E-state index is 6.35. The van der Waals surface area contributed by atoms with Crippen LogP contribution in [0.15, 0.2) is 12.1 Å². The minimum Gasteiger partial charge on any atom is -0.496 e. The molecule has 0 unspecified atom stereocenters. The third-order valence-electron chi connectivity index (χ3n) is 3.35. The van der Waals surface area contributed by atoms with E-state index >= 15 is 0 Å². The van der Waals surface area contributed by atoms with Gasteiger partial charge in [-0.1, -0.05) is 13.8 Å². The Balaban J connectivity index is 2.94. The van der Waals surface area contributed by atoms with Gasteiger partial charge in [0.25, 0.3) is 0 Å². The van der Waals surface area contributed by atoms with Crippen molar-refractivity contribution in [2.24, 2.45) is 0 Å². The molecule has 1 aromatic carbocycles. The zero-order valence-electron chi connectivity index (χ0n) is 12.1. The molecule has 4 heteroatoms. The Morgan fingerprint density at radius 1 is 1.11 bits per heavy atom. The van der Waals surface area contributed by atoms with Gasteiger partial charge in [0.1, 0.15) is 17.0 Å². The largest absolute Gasteiger partial charge is 0.496 e. The molecule has 2 aromatic rings. The summed E-state index contributed by atoms with van der Waals surface area (Å²) < 4.78 is 10.8. The topological polar surface area (TPSA) is 57.4 Å². The molecule has 0 fully saturated rings. The van der Waals surface area contributed by atoms with Crippen LogP contribution < -0.4 is 15.2 Å². The summed E-state index contributed by atoms with van der Waals surface area (Å²) in [4.78, 5) is 4.65. The van der Waals surface area contributed by atoms with Crippen LogP contribution in [-0.2, 0) is 0 Å². The molecule has 102 valence electrons. The Labute approximate surface area is 113 Å². The van der Waals surface area contributed by atoms with Gasteiger partial charge in [0.15, 0.2) is 0 Å². The van der Waals surface area contributed by atoms with Crippen LogP contribution in [0.2, 0.25) is 0 Å². The first-order valence-corrected chi connectivity index (χ1v) is 6.31. The fourth-order valence-electron chi connectivity index (χ4n) is 2.55. The van der Waals surface area contributed by atoms with Crippen molar-refractivity contribution in [2.75, 3.05) is 20.0 Å². The number of aryl methyl sites for hydroxylation is 1. The minimum absolute atomic E-state index is 0.313. The lowest BCUT2D eigenvalue weighted by molar-refractivity contribution is 0.409. The predicted molar refractivity (Wildman–Crippen MR) is 78.1 cm³/mol. The lowest BCUT2D eigenvalue weighted by Gasteiger charge is -2.18. The van der Waals surface area contributed by atoms with Gasteiger partial charge in [-0.05, 0) is 30.5 Å². The van der Waals surface area contributed by atoms with Crippen LogP contribution >= 0.6 is 0 Å². The fraction of sp³-hybridized carbons (Fsp3) is 0.400. The summed E-state index contributed by atoms with van der Waals surface area (Å²) in [5.74, 6) is 1.75. The smallest absolute Gasteiger partial charge is 0.145 e. The molecule has 1 aromatic heterocycles. The van der Waals surface area contributed by atoms with E-state index in [1.54, 1.807) is 14.2 Å². The minimum atomic E-state index is 0.313. The van der Waals surface area contributed by atoms with E-state index in [-0.39, 0.29) is 0 Å². The van der Waals surface area contributed by atoms with Crippen LogP contribution in [0.5, 0.6) is 11.5 Å². The molecule has 0 bridgehead atoms. The first-order valence-electron chi connectivity index (χ1n) is 6.31. The highest BCUT2D eigenvalue weighted by Gasteiger charge is 2.18. The standard InChI is InChI=1S/C15H20N2O2/c1-8(2)12-9(3)17-15-11(19-5)7-6-10(18-4)13(15)14(12)16/h6-8H,1-5H3,(H2,16,17). The quantitative estimate of drug-likeness (QED) is 0.920. The molecular formula is C15H20N2O2. The molecule has 0 aliphatic heterocycles. The molecule has 2 N–H and O–H groups in total. The van der Waals surface area contributed by atoms with E-state index in [1.807, 2.05) is 19.1 Å². The van der Waals surface area contributed by atoms with E-state index in [9.17, 15) is 0 Å². The van der Waals surface area contributed by atoms with Gasteiger partial charge in [-0.25, -0.2) is 4.98 Å². The Bertz CT molecular complexity index is 621. The Morgan fingerprint density at radius 2 is 1.68 bits per heavy atom. The summed E-state index contributed by atoms with van der Waals surface area (Å²) in [7, 11) is 3.26. The fourth-order valence-corrected chi connectivity index (χ4v) is 2.55. The van der Waals surface area contributed by atoms with E-state index < -0.39 is 0 Å². The molecule has 0 saturated carbocycles. The van der Waals surface area contributed by atoms with Crippen LogP contribution in [0.1, 0.15) is 31.0 Å². The second kappa shape index (κ2) is 4.96. The zero-order chi connectivity index (χ0) is 14.2. The number of aromatic nitrogens is 1. The highest BCUT2D eigenvalue weighted by molar-refractivity contribution is 6.00. The third-order valence-corrected chi connectivity index (χ3v) is 3.35. The third kappa shape index (κ3) is 2.07. The van der Waals surface area contributed by atoms with Gasteiger partial charge in [0, 0.05) is 5.69 Å². The number of methoxy groups -OCH3 is 2. The van der Waals surface area contributed by atoms with Crippen molar-refractivity contribution in [1.82, 2.24) is 4.98 Å². The summed E-state index contributed by atoms with van der Waals surface area (Å²) >= 11 is 0. The molecule has 2 rings (SSSR count). The number of nitrogen functional groups attached to an aromatic ring is 1. The first-order chi connectivity index (χ1) is 9.01. The monoisotopic (exact) mass is 260 g/mol. The van der Waals surface area contributed by atoms with Gasteiger partial charge in [0.05, 0.1) is 25.3 Å². The maximum absolute atomic E-state index is 6.35. The number of ether oxygens (including phenoxy) is 2. The molecular weight excluding hydrogens is 240 g/mol. The number of hydrogen-bond acceptors (Lipinski definition) is 4. The number of nitrogens with two attached hydrogens (primary N) is 1. The molecule has 4 nitrogen and oxygen atoms in total. The van der Waals surface area contributed by atoms with Gasteiger partial charge in [-0.15, -0.1) is 0 Å². The van der Waals surface area contributed by atoms with Crippen molar-refractivity contribution >= 4 is 16.6 Å². The number of pyridine rings is 1. The molecule has 0 atom stereocenters. The average molecular weight is 260 g/mol. The normalized spacial score (nSPS) is 11.1. The van der Waals surface area contributed by atoms with Crippen LogP contribution in [0, 0.1) is 6.92 Å². The predicted octanol–water partition coefficient (Wildman–Crippen LogP) is 3.27. The molecule has 0 saturated heterocycles. The molecule has 0 radical (unpaired) electrons. The van der Waals surface area contributed by atoms with E-state index in [2.05, 4.69) is 18.8 Å². The summed E-state index contributed by atoms with van der Waals surface area (Å²) in [5, 5.41) is 0.830. The number of fused-ring (bicyclic) bond motifs is 1. The number of benzene rings is 1. The summed E-state index contributed by atoms with van der Waals surface area (Å²) in [5.41, 5.74) is 9.83. The van der Waals surface area contributed by atoms with Gasteiger partial charge < -0.3 is 15.2 Å². The Hall–Kier alpha value is -1.97. The van der Waals surface area contributed by atoms with Gasteiger partial charge in [-0.3, -0.25) is 0 Å². The van der Waals surface area contributed by atoms with Crippen molar-refractivity contribution in [3.05, 3.63) is 23.4 Å². The van der Waals surface area contributed by atoms with E-state index in [0.717, 1.165) is 33.6 Å². The van der Waals surface area contributed by atoms with E-state index in [0.29, 0.717) is 11.7 Å². The maximum Gasteiger partial charge on any atom is 0.145 e. The molecule has 0 aliphatic rings. The van der Waals surface area contributed by atoms with E-state index in [1.165, 1.54) is 0 Å². The number of rotatable bonds is 3. The lowest BCUT2D eigenvalue weighted by Crippen LogP contribution is -2.05. The highest BCUT2D eigenvalue weighted by atomic mass is 16.5. The number of nitrogens with zero attached hydrogens (tertiary/aromatic N) is 1. The van der Waals surface area contributed by atoms with Crippen LogP contribution in [0.3, 0.4) is 0 Å². The molecule has 0 amide bonds. The van der Waals surface area contributed by atoms with E-state index in [4.69, 9.17) is 15.2 Å². The van der Waals surface area contributed by atoms with Crippen molar-refractivity contribution < 1.29 is 9.47 Å². The van der Waals surface area contributed by atoms with Crippen molar-refractivity contribution in [2.45, 2.75) is 26.7 Å². The van der Waals surface area contributed by atoms with Gasteiger partial charge in [-0.2, -0.15) is 0 Å². The van der Waals surface area contributed by atoms with Gasteiger partial charge in [0.2, 0.25) is 0 Å². The molecule has 0 spiro atoms. The zero-order valence-corrected chi connectivity index (χ0v) is 12.1. The second-order valence-corrected chi connectivity index (χ2v) is 4.87. The second-order valence-electron chi connectivity index (χ2n) is 4.87. The van der Waals surface area contributed by atoms with Crippen LogP contribution in [0.4, 0.5) is 5.69 Å². The Kier molecular flexibility index (Phi) is 3.51. The first kappa shape index (κ1) is 13.5. The lowest BCUT2D eigenvalue weighted by atomic mass is 9.96. The van der Waals surface area contributed by atoms with Gasteiger partial charge >= 0.3 is 0 Å². The molecule has 0 aliphatic carbocycles. The highest BCUT2D eigenvalue weighted by Crippen LogP contribution is 2.40. The van der Waals surface area contributed by atoms with Crippen molar-refractivity contribution in [3.8, 4) is 11.5 Å². The van der Waals surface area contributed by atoms with Crippen LogP contribution in [-0.4, -0.2) is 19.2 Å². The molecule has 19 heavy (non-hydrogen) atoms. The SMILES string of the molecule is COc1ccc(OC)c2c(N)c(C(C)C)c(C)nc12. The summed E-state index contributed by atoms with van der Waals surface area (Å²) in [6.45, 7) is 6.20. The number of hydrogen-bond donors (Lipinski definition) is 1. The van der Waals surface area contributed by atoms with Crippen molar-refractivity contribution in [1.29, 1.82) is 0 Å². The number of anilines is 1. The molecule has 1 heterocycles. The summed E-state index contributed by atoms with van der Waals surface area (Å²) in [6, 6.07) is 3.71.